The molecule has 1 atom stereocenters. The van der Waals surface area contributed by atoms with Crippen molar-refractivity contribution in [3.8, 4) is 0 Å². The second-order valence-corrected chi connectivity index (χ2v) is 4.29. The van der Waals surface area contributed by atoms with Crippen LogP contribution in [-0.4, -0.2) is 40.4 Å². The Morgan fingerprint density at radius 1 is 1.41 bits per heavy atom. The second-order valence-electron chi connectivity index (χ2n) is 4.29. The van der Waals surface area contributed by atoms with Crippen LogP contribution in [0.25, 0.3) is 0 Å². The molecule has 2 N–H and O–H groups in total. The number of imide groups is 2. The first-order valence-electron chi connectivity index (χ1n) is 5.21. The summed E-state index contributed by atoms with van der Waals surface area (Å²) in [6, 6.07) is -0.782. The molecule has 0 aromatic carbocycles. The van der Waals surface area contributed by atoms with Gasteiger partial charge in [0.15, 0.2) is 0 Å². The van der Waals surface area contributed by atoms with Crippen LogP contribution >= 0.6 is 0 Å². The molecule has 0 saturated carbocycles. The molecule has 4 amide bonds. The van der Waals surface area contributed by atoms with E-state index in [0.717, 1.165) is 4.90 Å². The van der Waals surface area contributed by atoms with E-state index in [-0.39, 0.29) is 12.5 Å². The van der Waals surface area contributed by atoms with Crippen molar-refractivity contribution in [2.45, 2.75) is 20.3 Å². The van der Waals surface area contributed by atoms with Crippen LogP contribution in [0.5, 0.6) is 0 Å². The SMILES string of the molecule is CC(C)CN1C(=O)NC(=O)C(CC(=O)O)C1=O. The molecule has 0 aliphatic carbocycles. The van der Waals surface area contributed by atoms with Crippen molar-refractivity contribution in [1.29, 1.82) is 0 Å². The Bertz CT molecular complexity index is 377. The average Bonchev–Trinajstić information content (AvgIpc) is 2.18. The summed E-state index contributed by atoms with van der Waals surface area (Å²) in [6.07, 6.45) is -0.605. The van der Waals surface area contributed by atoms with Crippen molar-refractivity contribution in [3.63, 3.8) is 0 Å². The van der Waals surface area contributed by atoms with Crippen molar-refractivity contribution in [1.82, 2.24) is 10.2 Å². The summed E-state index contributed by atoms with van der Waals surface area (Å²) in [6.45, 7) is 3.78. The van der Waals surface area contributed by atoms with E-state index in [2.05, 4.69) is 0 Å². The predicted octanol–water partition coefficient (Wildman–Crippen LogP) is -0.188. The molecular weight excluding hydrogens is 228 g/mol. The first-order valence-corrected chi connectivity index (χ1v) is 5.21. The maximum Gasteiger partial charge on any atom is 0.330 e. The third kappa shape index (κ3) is 3.02. The smallest absolute Gasteiger partial charge is 0.330 e. The van der Waals surface area contributed by atoms with Gasteiger partial charge < -0.3 is 5.11 Å². The lowest BCUT2D eigenvalue weighted by Gasteiger charge is -2.30. The molecular formula is C10H14N2O5. The van der Waals surface area contributed by atoms with E-state index in [1.54, 1.807) is 0 Å². The Hall–Kier alpha value is -1.92. The van der Waals surface area contributed by atoms with Crippen LogP contribution in [0.3, 0.4) is 0 Å². The van der Waals surface area contributed by atoms with E-state index in [1.807, 2.05) is 19.2 Å². The van der Waals surface area contributed by atoms with E-state index in [4.69, 9.17) is 5.11 Å². The van der Waals surface area contributed by atoms with Crippen LogP contribution < -0.4 is 5.32 Å². The zero-order valence-corrected chi connectivity index (χ0v) is 9.60. The molecule has 7 nitrogen and oxygen atoms in total. The molecule has 7 heteroatoms. The largest absolute Gasteiger partial charge is 0.481 e. The van der Waals surface area contributed by atoms with E-state index >= 15 is 0 Å². The summed E-state index contributed by atoms with van der Waals surface area (Å²) in [5, 5.41) is 10.6. The number of barbiturate groups is 1. The van der Waals surface area contributed by atoms with Crippen molar-refractivity contribution in [3.05, 3.63) is 0 Å². The van der Waals surface area contributed by atoms with E-state index in [1.165, 1.54) is 0 Å². The molecule has 1 unspecified atom stereocenters. The molecule has 0 bridgehead atoms. The second kappa shape index (κ2) is 4.94. The molecule has 17 heavy (non-hydrogen) atoms. The Morgan fingerprint density at radius 3 is 2.47 bits per heavy atom. The fraction of sp³-hybridized carbons (Fsp3) is 0.600. The summed E-state index contributed by atoms with van der Waals surface area (Å²) in [5.41, 5.74) is 0. The Kier molecular flexibility index (Phi) is 3.82. The Labute approximate surface area is 97.8 Å². The van der Waals surface area contributed by atoms with Gasteiger partial charge in [-0.05, 0) is 5.92 Å². The number of amides is 4. The lowest BCUT2D eigenvalue weighted by atomic mass is 10.00. The number of aliphatic carboxylic acids is 1. The third-order valence-corrected chi connectivity index (χ3v) is 2.28. The number of carboxylic acids is 1. The predicted molar refractivity (Wildman–Crippen MR) is 55.8 cm³/mol. The summed E-state index contributed by atoms with van der Waals surface area (Å²) in [5.74, 6) is -4.11. The summed E-state index contributed by atoms with van der Waals surface area (Å²) in [7, 11) is 0. The summed E-state index contributed by atoms with van der Waals surface area (Å²) in [4.78, 5) is 46.0. The van der Waals surface area contributed by atoms with Crippen molar-refractivity contribution < 1.29 is 24.3 Å². The van der Waals surface area contributed by atoms with Gasteiger partial charge in [-0.25, -0.2) is 4.79 Å². The van der Waals surface area contributed by atoms with Crippen LogP contribution in [0.15, 0.2) is 0 Å². The highest BCUT2D eigenvalue weighted by atomic mass is 16.4. The van der Waals surface area contributed by atoms with Gasteiger partial charge in [0.2, 0.25) is 11.8 Å². The van der Waals surface area contributed by atoms with Crippen LogP contribution in [0.1, 0.15) is 20.3 Å². The maximum absolute atomic E-state index is 11.8. The first kappa shape index (κ1) is 13.1. The number of carbonyl (C=O) groups is 4. The summed E-state index contributed by atoms with van der Waals surface area (Å²) >= 11 is 0. The maximum atomic E-state index is 11.8. The van der Waals surface area contributed by atoms with Gasteiger partial charge in [-0.1, -0.05) is 13.8 Å². The van der Waals surface area contributed by atoms with Gasteiger partial charge >= 0.3 is 12.0 Å². The fourth-order valence-corrected chi connectivity index (χ4v) is 1.55. The number of urea groups is 1. The van der Waals surface area contributed by atoms with Gasteiger partial charge in [0.25, 0.3) is 0 Å². The molecule has 1 aliphatic rings. The minimum Gasteiger partial charge on any atom is -0.481 e. The van der Waals surface area contributed by atoms with Gasteiger partial charge in [-0.2, -0.15) is 0 Å². The number of carboxylic acid groups (broad SMARTS) is 1. The van der Waals surface area contributed by atoms with Crippen LogP contribution in [-0.2, 0) is 14.4 Å². The topological polar surface area (TPSA) is 104 Å². The molecule has 0 aromatic heterocycles. The average molecular weight is 242 g/mol. The van der Waals surface area contributed by atoms with Gasteiger partial charge in [-0.3, -0.25) is 24.6 Å². The zero-order valence-electron chi connectivity index (χ0n) is 9.60. The lowest BCUT2D eigenvalue weighted by Crippen LogP contribution is -2.58. The standard InChI is InChI=1S/C10H14N2O5/c1-5(2)4-12-9(16)6(3-7(13)14)8(15)11-10(12)17/h5-6H,3-4H2,1-2H3,(H,13,14)(H,11,15,17). The molecule has 1 heterocycles. The fourth-order valence-electron chi connectivity index (χ4n) is 1.55. The molecule has 94 valence electrons. The highest BCUT2D eigenvalue weighted by molar-refractivity contribution is 6.17. The van der Waals surface area contributed by atoms with Crippen molar-refractivity contribution in [2.75, 3.05) is 6.54 Å². The number of nitrogens with one attached hydrogen (secondary N) is 1. The first-order chi connectivity index (χ1) is 7.82. The quantitative estimate of drug-likeness (QED) is 0.665. The Morgan fingerprint density at radius 2 is 2.00 bits per heavy atom. The van der Waals surface area contributed by atoms with Crippen LogP contribution in [0, 0.1) is 11.8 Å². The summed E-state index contributed by atoms with van der Waals surface area (Å²) < 4.78 is 0. The van der Waals surface area contributed by atoms with Gasteiger partial charge in [0, 0.05) is 6.54 Å². The zero-order chi connectivity index (χ0) is 13.2. The molecule has 1 aliphatic heterocycles. The highest BCUT2D eigenvalue weighted by Gasteiger charge is 2.41. The van der Waals surface area contributed by atoms with E-state index in [0.29, 0.717) is 0 Å². The van der Waals surface area contributed by atoms with Gasteiger partial charge in [0.1, 0.15) is 5.92 Å². The van der Waals surface area contributed by atoms with Crippen LogP contribution in [0.4, 0.5) is 4.79 Å². The van der Waals surface area contributed by atoms with Crippen molar-refractivity contribution in [2.24, 2.45) is 11.8 Å². The van der Waals surface area contributed by atoms with Crippen LogP contribution in [0.2, 0.25) is 0 Å². The number of nitrogens with zero attached hydrogens (tertiary/aromatic N) is 1. The minimum absolute atomic E-state index is 0.0448. The molecule has 0 spiro atoms. The molecule has 1 fully saturated rings. The molecule has 0 radical (unpaired) electrons. The number of hydrogen-bond donors (Lipinski definition) is 2. The van der Waals surface area contributed by atoms with Gasteiger partial charge in [0.05, 0.1) is 6.42 Å². The highest BCUT2D eigenvalue weighted by Crippen LogP contribution is 2.15. The van der Waals surface area contributed by atoms with E-state index < -0.39 is 36.2 Å². The normalized spacial score (nSPS) is 20.8. The third-order valence-electron chi connectivity index (χ3n) is 2.28. The monoisotopic (exact) mass is 242 g/mol. The number of carbonyl (C=O) groups excluding carboxylic acids is 3. The Balaban J connectivity index is 2.87. The minimum atomic E-state index is -1.32. The van der Waals surface area contributed by atoms with E-state index in [9.17, 15) is 19.2 Å². The number of hydrogen-bond acceptors (Lipinski definition) is 4. The molecule has 0 aromatic rings. The van der Waals surface area contributed by atoms with Crippen molar-refractivity contribution >= 4 is 23.8 Å². The number of rotatable bonds is 4. The molecule has 1 saturated heterocycles. The van der Waals surface area contributed by atoms with Gasteiger partial charge in [-0.15, -0.1) is 0 Å². The lowest BCUT2D eigenvalue weighted by molar-refractivity contribution is -0.150. The molecule has 1 rings (SSSR count).